The summed E-state index contributed by atoms with van der Waals surface area (Å²) in [4.78, 5) is 16.1. The largest absolute Gasteiger partial charge is 0.448 e. The maximum atomic E-state index is 12.0. The van der Waals surface area contributed by atoms with Crippen LogP contribution in [0.1, 0.15) is 34.9 Å². The molecular formula is C14H16BrN3O2. The summed E-state index contributed by atoms with van der Waals surface area (Å²) in [6.07, 6.45) is 1.88. The third-order valence-corrected chi connectivity index (χ3v) is 3.39. The lowest BCUT2D eigenvalue weighted by Crippen LogP contribution is -2.26. The number of nitrogens with one attached hydrogen (secondary N) is 1. The molecule has 20 heavy (non-hydrogen) atoms. The van der Waals surface area contributed by atoms with Gasteiger partial charge in [-0.25, -0.2) is 4.98 Å². The lowest BCUT2D eigenvalue weighted by atomic mass is 10.1. The summed E-state index contributed by atoms with van der Waals surface area (Å²) in [6, 6.07) is 7.68. The van der Waals surface area contributed by atoms with E-state index in [9.17, 15) is 4.79 Å². The van der Waals surface area contributed by atoms with Gasteiger partial charge in [0.25, 0.3) is 5.91 Å². The lowest BCUT2D eigenvalue weighted by molar-refractivity contribution is 0.0935. The fourth-order valence-corrected chi connectivity index (χ4v) is 2.02. The van der Waals surface area contributed by atoms with E-state index in [-0.39, 0.29) is 17.6 Å². The van der Waals surface area contributed by atoms with Crippen LogP contribution in [0.25, 0.3) is 0 Å². The van der Waals surface area contributed by atoms with Gasteiger partial charge in [0, 0.05) is 17.4 Å². The van der Waals surface area contributed by atoms with Crippen LogP contribution in [0.15, 0.2) is 39.4 Å². The van der Waals surface area contributed by atoms with E-state index in [0.717, 1.165) is 10.0 Å². The molecule has 0 radical (unpaired) electrons. The Morgan fingerprint density at radius 1 is 1.45 bits per heavy atom. The van der Waals surface area contributed by atoms with Crippen LogP contribution in [0.5, 0.6) is 0 Å². The van der Waals surface area contributed by atoms with Gasteiger partial charge in [0.2, 0.25) is 0 Å². The number of amides is 1. The average Bonchev–Trinajstić information content (AvgIpc) is 2.88. The van der Waals surface area contributed by atoms with E-state index in [4.69, 9.17) is 10.2 Å². The van der Waals surface area contributed by atoms with Gasteiger partial charge in [-0.15, -0.1) is 0 Å². The van der Waals surface area contributed by atoms with E-state index in [1.54, 1.807) is 0 Å². The summed E-state index contributed by atoms with van der Waals surface area (Å²) in [7, 11) is 0. The van der Waals surface area contributed by atoms with Crippen LogP contribution in [0.3, 0.4) is 0 Å². The van der Waals surface area contributed by atoms with Gasteiger partial charge in [0.05, 0.1) is 6.04 Å². The molecule has 1 amide bonds. The van der Waals surface area contributed by atoms with E-state index >= 15 is 0 Å². The highest BCUT2D eigenvalue weighted by Gasteiger charge is 2.15. The molecule has 0 aliphatic rings. The lowest BCUT2D eigenvalue weighted by Gasteiger charge is -2.13. The summed E-state index contributed by atoms with van der Waals surface area (Å²) in [5, 5.41) is 2.88. The quantitative estimate of drug-likeness (QED) is 0.877. The monoisotopic (exact) mass is 337 g/mol. The van der Waals surface area contributed by atoms with Gasteiger partial charge in [-0.05, 0) is 24.6 Å². The molecule has 2 rings (SSSR count). The van der Waals surface area contributed by atoms with Crippen molar-refractivity contribution in [1.29, 1.82) is 0 Å². The zero-order chi connectivity index (χ0) is 14.5. The highest BCUT2D eigenvalue weighted by Crippen LogP contribution is 2.17. The molecule has 2 aromatic rings. The average molecular weight is 338 g/mol. The molecule has 3 N–H and O–H groups in total. The summed E-state index contributed by atoms with van der Waals surface area (Å²) in [5.74, 6) is 0.224. The minimum Gasteiger partial charge on any atom is -0.448 e. The molecule has 5 nitrogen and oxygen atoms in total. The fraction of sp³-hybridized carbons (Fsp3) is 0.286. The Kier molecular flexibility index (Phi) is 4.92. The second kappa shape index (κ2) is 6.67. The molecular weight excluding hydrogens is 322 g/mol. The maximum absolute atomic E-state index is 12.0. The third-order valence-electron chi connectivity index (χ3n) is 2.86. The SMILES string of the molecule is CC(NC(=O)c1coc(CCN)n1)c1ccc(Br)cc1. The number of hydrogen-bond acceptors (Lipinski definition) is 4. The minimum atomic E-state index is -0.257. The molecule has 0 fully saturated rings. The van der Waals surface area contributed by atoms with E-state index < -0.39 is 0 Å². The highest BCUT2D eigenvalue weighted by molar-refractivity contribution is 9.10. The van der Waals surface area contributed by atoms with Crippen LogP contribution in [0, 0.1) is 0 Å². The first-order valence-electron chi connectivity index (χ1n) is 6.31. The van der Waals surface area contributed by atoms with Crippen molar-refractivity contribution in [3.8, 4) is 0 Å². The standard InChI is InChI=1S/C14H16BrN3O2/c1-9(10-2-4-11(15)5-3-10)17-14(19)12-8-20-13(18-12)6-7-16/h2-5,8-9H,6-7,16H2,1H3,(H,17,19). The number of nitrogens with zero attached hydrogens (tertiary/aromatic N) is 1. The number of oxazole rings is 1. The molecule has 0 aliphatic carbocycles. The van der Waals surface area contributed by atoms with Crippen LogP contribution in [-0.2, 0) is 6.42 Å². The van der Waals surface area contributed by atoms with E-state index in [0.29, 0.717) is 18.9 Å². The zero-order valence-corrected chi connectivity index (χ0v) is 12.7. The molecule has 106 valence electrons. The molecule has 1 aromatic carbocycles. The number of carbonyl (C=O) groups excluding carboxylic acids is 1. The number of rotatable bonds is 5. The predicted molar refractivity (Wildman–Crippen MR) is 79.3 cm³/mol. The van der Waals surface area contributed by atoms with Gasteiger partial charge < -0.3 is 15.5 Å². The zero-order valence-electron chi connectivity index (χ0n) is 11.1. The van der Waals surface area contributed by atoms with Crippen molar-refractivity contribution in [1.82, 2.24) is 10.3 Å². The number of carbonyl (C=O) groups is 1. The van der Waals surface area contributed by atoms with E-state index in [2.05, 4.69) is 26.2 Å². The molecule has 1 unspecified atom stereocenters. The van der Waals surface area contributed by atoms with Gasteiger partial charge in [-0.2, -0.15) is 0 Å². The van der Waals surface area contributed by atoms with Crippen molar-refractivity contribution < 1.29 is 9.21 Å². The normalized spacial score (nSPS) is 12.2. The van der Waals surface area contributed by atoms with Gasteiger partial charge in [-0.3, -0.25) is 4.79 Å². The highest BCUT2D eigenvalue weighted by atomic mass is 79.9. The smallest absolute Gasteiger partial charge is 0.273 e. The van der Waals surface area contributed by atoms with Gasteiger partial charge in [0.1, 0.15) is 6.26 Å². The van der Waals surface area contributed by atoms with Crippen molar-refractivity contribution in [2.45, 2.75) is 19.4 Å². The predicted octanol–water partition coefficient (Wildman–Crippen LogP) is 2.43. The van der Waals surface area contributed by atoms with Crippen molar-refractivity contribution >= 4 is 21.8 Å². The van der Waals surface area contributed by atoms with Gasteiger partial charge >= 0.3 is 0 Å². The van der Waals surface area contributed by atoms with Crippen molar-refractivity contribution in [3.63, 3.8) is 0 Å². The van der Waals surface area contributed by atoms with Crippen molar-refractivity contribution in [2.24, 2.45) is 5.73 Å². The van der Waals surface area contributed by atoms with Gasteiger partial charge in [0.15, 0.2) is 11.6 Å². The van der Waals surface area contributed by atoms with Crippen molar-refractivity contribution in [2.75, 3.05) is 6.54 Å². The Morgan fingerprint density at radius 2 is 2.15 bits per heavy atom. The fourth-order valence-electron chi connectivity index (χ4n) is 1.76. The molecule has 0 bridgehead atoms. The van der Waals surface area contributed by atoms with Crippen LogP contribution in [-0.4, -0.2) is 17.4 Å². The molecule has 0 aliphatic heterocycles. The third kappa shape index (κ3) is 3.68. The van der Waals surface area contributed by atoms with E-state index in [1.165, 1.54) is 6.26 Å². The number of nitrogens with two attached hydrogens (primary N) is 1. The Balaban J connectivity index is 2.01. The first kappa shape index (κ1) is 14.7. The molecule has 0 saturated heterocycles. The number of benzene rings is 1. The van der Waals surface area contributed by atoms with Crippen LogP contribution < -0.4 is 11.1 Å². The molecule has 0 saturated carbocycles. The first-order chi connectivity index (χ1) is 9.60. The second-order valence-electron chi connectivity index (χ2n) is 4.41. The molecule has 6 heteroatoms. The summed E-state index contributed by atoms with van der Waals surface area (Å²) < 4.78 is 6.17. The molecule has 1 atom stereocenters. The first-order valence-corrected chi connectivity index (χ1v) is 7.10. The van der Waals surface area contributed by atoms with Crippen LogP contribution in [0.4, 0.5) is 0 Å². The van der Waals surface area contributed by atoms with Gasteiger partial charge in [-0.1, -0.05) is 28.1 Å². The van der Waals surface area contributed by atoms with Crippen molar-refractivity contribution in [3.05, 3.63) is 52.1 Å². The topological polar surface area (TPSA) is 81.2 Å². The minimum absolute atomic E-state index is 0.106. The Bertz CT molecular complexity index is 580. The second-order valence-corrected chi connectivity index (χ2v) is 5.33. The van der Waals surface area contributed by atoms with E-state index in [1.807, 2.05) is 31.2 Å². The Morgan fingerprint density at radius 3 is 2.80 bits per heavy atom. The molecule has 1 aromatic heterocycles. The number of hydrogen-bond donors (Lipinski definition) is 2. The number of aromatic nitrogens is 1. The van der Waals surface area contributed by atoms with Crippen LogP contribution >= 0.6 is 15.9 Å². The van der Waals surface area contributed by atoms with Crippen LogP contribution in [0.2, 0.25) is 0 Å². The molecule has 0 spiro atoms. The summed E-state index contributed by atoms with van der Waals surface area (Å²) in [5.41, 5.74) is 6.71. The molecule has 1 heterocycles. The summed E-state index contributed by atoms with van der Waals surface area (Å²) >= 11 is 3.38. The Hall–Kier alpha value is -1.66. The maximum Gasteiger partial charge on any atom is 0.273 e. The summed E-state index contributed by atoms with van der Waals surface area (Å²) in [6.45, 7) is 2.36. The number of halogens is 1. The Labute approximate surface area is 125 Å².